The second kappa shape index (κ2) is 5.87. The van der Waals surface area contributed by atoms with Crippen LogP contribution in [0.25, 0.3) is 0 Å². The Morgan fingerprint density at radius 2 is 1.20 bits per heavy atom. The minimum atomic E-state index is -0.567. The summed E-state index contributed by atoms with van der Waals surface area (Å²) >= 11 is 0. The van der Waals surface area contributed by atoms with Crippen molar-refractivity contribution in [3.63, 3.8) is 0 Å². The first-order valence-electron chi connectivity index (χ1n) is 8.76. The highest BCUT2D eigenvalue weighted by atomic mass is 16.7. The lowest BCUT2D eigenvalue weighted by Gasteiger charge is -2.42. The lowest BCUT2D eigenvalue weighted by Crippen LogP contribution is -2.47. The Labute approximate surface area is 148 Å². The van der Waals surface area contributed by atoms with Gasteiger partial charge in [0.1, 0.15) is 23.0 Å². The van der Waals surface area contributed by atoms with Crippen LogP contribution in [-0.2, 0) is 12.8 Å². The first-order chi connectivity index (χ1) is 12.0. The summed E-state index contributed by atoms with van der Waals surface area (Å²) in [6.45, 7) is 4.08. The first-order valence-corrected chi connectivity index (χ1v) is 8.76. The zero-order chi connectivity index (χ0) is 17.6. The third-order valence-corrected chi connectivity index (χ3v) is 5.30. The molecule has 2 aromatic rings. The molecule has 2 aromatic carbocycles. The molecule has 4 nitrogen and oxygen atoms in total. The molecule has 0 fully saturated rings. The van der Waals surface area contributed by atoms with Gasteiger partial charge in [-0.2, -0.15) is 0 Å². The van der Waals surface area contributed by atoms with E-state index >= 15 is 0 Å². The monoisotopic (exact) mass is 340 g/mol. The molecule has 0 unspecified atom stereocenters. The molecule has 132 valence electrons. The van der Waals surface area contributed by atoms with Gasteiger partial charge in [0.05, 0.1) is 14.2 Å². The van der Waals surface area contributed by atoms with Crippen LogP contribution >= 0.6 is 0 Å². The quantitative estimate of drug-likeness (QED) is 0.814. The highest BCUT2D eigenvalue weighted by molar-refractivity contribution is 5.49. The maximum absolute atomic E-state index is 6.38. The van der Waals surface area contributed by atoms with Gasteiger partial charge in [-0.1, -0.05) is 0 Å². The molecule has 1 spiro atoms. The largest absolute Gasteiger partial charge is 0.496 e. The van der Waals surface area contributed by atoms with Crippen LogP contribution in [0, 0.1) is 13.8 Å². The van der Waals surface area contributed by atoms with Crippen molar-refractivity contribution in [2.24, 2.45) is 0 Å². The third-order valence-electron chi connectivity index (χ3n) is 5.30. The van der Waals surface area contributed by atoms with E-state index in [1.807, 2.05) is 13.8 Å². The summed E-state index contributed by atoms with van der Waals surface area (Å²) in [6, 6.07) is 8.30. The Kier molecular flexibility index (Phi) is 3.78. The highest BCUT2D eigenvalue weighted by Crippen LogP contribution is 2.44. The Balaban J connectivity index is 1.65. The normalized spacial score (nSPS) is 17.1. The summed E-state index contributed by atoms with van der Waals surface area (Å²) in [5.74, 6) is 3.09. The average Bonchev–Trinajstić information content (AvgIpc) is 2.60. The van der Waals surface area contributed by atoms with Crippen LogP contribution in [0.15, 0.2) is 24.3 Å². The minimum Gasteiger partial charge on any atom is -0.496 e. The lowest BCUT2D eigenvalue weighted by molar-refractivity contribution is -0.139. The zero-order valence-corrected chi connectivity index (χ0v) is 15.3. The molecule has 0 aliphatic carbocycles. The van der Waals surface area contributed by atoms with Gasteiger partial charge in [-0.05, 0) is 73.2 Å². The second-order valence-corrected chi connectivity index (χ2v) is 6.97. The lowest BCUT2D eigenvalue weighted by atomic mass is 9.91. The van der Waals surface area contributed by atoms with Crippen LogP contribution in [0.5, 0.6) is 23.0 Å². The van der Waals surface area contributed by atoms with E-state index < -0.39 is 5.79 Å². The highest BCUT2D eigenvalue weighted by Gasteiger charge is 2.42. The number of hydrogen-bond donors (Lipinski definition) is 0. The van der Waals surface area contributed by atoms with Crippen molar-refractivity contribution in [2.45, 2.75) is 45.3 Å². The molecule has 0 bridgehead atoms. The van der Waals surface area contributed by atoms with Crippen molar-refractivity contribution < 1.29 is 18.9 Å². The summed E-state index contributed by atoms with van der Waals surface area (Å²) in [6.07, 6.45) is 3.54. The fraction of sp³-hybridized carbons (Fsp3) is 0.429. The Morgan fingerprint density at radius 3 is 1.60 bits per heavy atom. The molecule has 4 heteroatoms. The van der Waals surface area contributed by atoms with Crippen LogP contribution in [0.3, 0.4) is 0 Å². The number of benzene rings is 2. The predicted molar refractivity (Wildman–Crippen MR) is 96.1 cm³/mol. The topological polar surface area (TPSA) is 36.9 Å². The molecule has 0 amide bonds. The van der Waals surface area contributed by atoms with E-state index in [1.165, 1.54) is 11.1 Å². The van der Waals surface area contributed by atoms with Gasteiger partial charge in [0, 0.05) is 12.8 Å². The molecule has 0 N–H and O–H groups in total. The Morgan fingerprint density at radius 1 is 0.760 bits per heavy atom. The molecule has 2 aliphatic rings. The second-order valence-electron chi connectivity index (χ2n) is 6.97. The van der Waals surface area contributed by atoms with E-state index in [1.54, 1.807) is 14.2 Å². The number of ether oxygens (including phenoxy) is 4. The van der Waals surface area contributed by atoms with Crippen LogP contribution in [0.2, 0.25) is 0 Å². The Hall–Kier alpha value is -2.36. The summed E-state index contributed by atoms with van der Waals surface area (Å²) in [7, 11) is 3.41. The van der Waals surface area contributed by atoms with E-state index in [4.69, 9.17) is 18.9 Å². The van der Waals surface area contributed by atoms with Crippen LogP contribution in [0.1, 0.15) is 35.1 Å². The van der Waals surface area contributed by atoms with Crippen LogP contribution < -0.4 is 18.9 Å². The Bertz CT molecular complexity index is 756. The first kappa shape index (κ1) is 16.1. The maximum Gasteiger partial charge on any atom is 0.251 e. The minimum absolute atomic E-state index is 0.567. The van der Waals surface area contributed by atoms with Crippen LogP contribution in [0.4, 0.5) is 0 Å². The van der Waals surface area contributed by atoms with E-state index in [0.717, 1.165) is 59.8 Å². The van der Waals surface area contributed by atoms with Gasteiger partial charge in [0.2, 0.25) is 0 Å². The fourth-order valence-electron chi connectivity index (χ4n) is 3.83. The summed E-state index contributed by atoms with van der Waals surface area (Å²) in [4.78, 5) is 0. The zero-order valence-electron chi connectivity index (χ0n) is 15.3. The summed E-state index contributed by atoms with van der Waals surface area (Å²) in [5, 5.41) is 0. The molecule has 0 atom stereocenters. The number of rotatable bonds is 2. The smallest absolute Gasteiger partial charge is 0.251 e. The molecular formula is C21H24O4. The van der Waals surface area contributed by atoms with Crippen molar-refractivity contribution in [3.05, 3.63) is 46.5 Å². The number of aryl methyl sites for hydroxylation is 4. The van der Waals surface area contributed by atoms with E-state index in [0.29, 0.717) is 0 Å². The maximum atomic E-state index is 6.38. The van der Waals surface area contributed by atoms with Gasteiger partial charge in [-0.15, -0.1) is 0 Å². The molecule has 0 saturated heterocycles. The van der Waals surface area contributed by atoms with E-state index in [-0.39, 0.29) is 0 Å². The van der Waals surface area contributed by atoms with Crippen LogP contribution in [-0.4, -0.2) is 20.0 Å². The molecule has 0 aromatic heterocycles. The molecule has 2 heterocycles. The fourth-order valence-corrected chi connectivity index (χ4v) is 3.83. The molecule has 4 rings (SSSR count). The van der Waals surface area contributed by atoms with Gasteiger partial charge in [-0.25, -0.2) is 0 Å². The van der Waals surface area contributed by atoms with Crippen molar-refractivity contribution >= 4 is 0 Å². The molecule has 0 saturated carbocycles. The van der Waals surface area contributed by atoms with Crippen molar-refractivity contribution in [1.82, 2.24) is 0 Å². The number of fused-ring (bicyclic) bond motifs is 2. The van der Waals surface area contributed by atoms with Gasteiger partial charge in [0.15, 0.2) is 0 Å². The molecule has 25 heavy (non-hydrogen) atoms. The van der Waals surface area contributed by atoms with Crippen molar-refractivity contribution in [3.8, 4) is 23.0 Å². The van der Waals surface area contributed by atoms with Gasteiger partial charge in [-0.3, -0.25) is 0 Å². The molecule has 0 radical (unpaired) electrons. The van der Waals surface area contributed by atoms with Crippen molar-refractivity contribution in [1.29, 1.82) is 0 Å². The SMILES string of the molecule is COc1cc2c(cc1C)OC1(CC2)CCc2cc(OC)c(C)cc2O1. The standard InChI is InChI=1S/C21H24O4/c1-13-9-19-15(11-17(13)22-3)5-7-21(24-19)8-6-16-12-18(23-4)14(2)10-20(16)25-21/h9-12H,5-8H2,1-4H3. The van der Waals surface area contributed by atoms with Crippen molar-refractivity contribution in [2.75, 3.05) is 14.2 Å². The summed E-state index contributed by atoms with van der Waals surface area (Å²) < 4.78 is 23.6. The van der Waals surface area contributed by atoms with E-state index in [9.17, 15) is 0 Å². The van der Waals surface area contributed by atoms with Gasteiger partial charge < -0.3 is 18.9 Å². The molecule has 2 aliphatic heterocycles. The third kappa shape index (κ3) is 2.70. The molecular weight excluding hydrogens is 316 g/mol. The number of hydrogen-bond acceptors (Lipinski definition) is 4. The van der Waals surface area contributed by atoms with Gasteiger partial charge in [0.25, 0.3) is 5.79 Å². The number of methoxy groups -OCH3 is 2. The van der Waals surface area contributed by atoms with Gasteiger partial charge >= 0.3 is 0 Å². The van der Waals surface area contributed by atoms with E-state index in [2.05, 4.69) is 24.3 Å². The predicted octanol–water partition coefficient (Wildman–Crippen LogP) is 4.37. The average molecular weight is 340 g/mol. The summed E-state index contributed by atoms with van der Waals surface area (Å²) in [5.41, 5.74) is 4.53.